The van der Waals surface area contributed by atoms with Gasteiger partial charge in [0.25, 0.3) is 0 Å². The summed E-state index contributed by atoms with van der Waals surface area (Å²) in [5.41, 5.74) is 1.96. The van der Waals surface area contributed by atoms with E-state index in [9.17, 15) is 24.3 Å². The summed E-state index contributed by atoms with van der Waals surface area (Å²) >= 11 is 1.64. The molecule has 196 valence electrons. The lowest BCUT2D eigenvalue weighted by Crippen LogP contribution is -2.58. The van der Waals surface area contributed by atoms with Crippen LogP contribution in [0.3, 0.4) is 0 Å². The zero-order valence-electron chi connectivity index (χ0n) is 21.3. The number of hydrogen-bond donors (Lipinski definition) is 3. The molecule has 2 heterocycles. The van der Waals surface area contributed by atoms with Gasteiger partial charge in [-0.15, -0.1) is 11.8 Å². The third-order valence-corrected chi connectivity index (χ3v) is 9.06. The van der Waals surface area contributed by atoms with Crippen molar-refractivity contribution < 1.29 is 24.3 Å². The van der Waals surface area contributed by atoms with Gasteiger partial charge < -0.3 is 20.6 Å². The van der Waals surface area contributed by atoms with Crippen LogP contribution >= 0.6 is 11.8 Å². The van der Waals surface area contributed by atoms with Gasteiger partial charge in [-0.2, -0.15) is 0 Å². The molecule has 2 aliphatic heterocycles. The summed E-state index contributed by atoms with van der Waals surface area (Å²) in [5, 5.41) is 15.1. The van der Waals surface area contributed by atoms with Crippen molar-refractivity contribution in [1.82, 2.24) is 20.4 Å². The van der Waals surface area contributed by atoms with Gasteiger partial charge in [-0.3, -0.25) is 19.3 Å². The number of carboxylic acid groups (broad SMARTS) is 1. The fraction of sp³-hybridized carbons (Fsp3) is 0.615. The molecule has 1 aromatic carbocycles. The van der Waals surface area contributed by atoms with E-state index in [1.165, 1.54) is 19.5 Å². The van der Waals surface area contributed by atoms with Gasteiger partial charge in [-0.1, -0.05) is 38.1 Å². The summed E-state index contributed by atoms with van der Waals surface area (Å²) in [6.45, 7) is 5.53. The number of amides is 4. The molecule has 0 aromatic heterocycles. The van der Waals surface area contributed by atoms with Crippen molar-refractivity contribution in [2.45, 2.75) is 82.4 Å². The van der Waals surface area contributed by atoms with Gasteiger partial charge in [0.1, 0.15) is 18.1 Å². The maximum absolute atomic E-state index is 13.8. The Morgan fingerprint density at radius 3 is 2.61 bits per heavy atom. The number of fused-ring (bicyclic) bond motifs is 2. The van der Waals surface area contributed by atoms with E-state index in [1.807, 2.05) is 26.0 Å². The largest absolute Gasteiger partial charge is 0.465 e. The van der Waals surface area contributed by atoms with Crippen molar-refractivity contribution in [2.24, 2.45) is 5.41 Å². The summed E-state index contributed by atoms with van der Waals surface area (Å²) in [4.78, 5) is 54.2. The first-order chi connectivity index (χ1) is 17.0. The highest BCUT2D eigenvalue weighted by atomic mass is 32.2. The van der Waals surface area contributed by atoms with Crippen molar-refractivity contribution in [1.29, 1.82) is 0 Å². The number of benzene rings is 1. The second-order valence-corrected chi connectivity index (χ2v) is 12.0. The SMILES string of the molecule is CC(C(=O)N[C@H]1CCSC2CC(C)(C)C(C(=O)N[C@@H]3CCCc4ccccc43)N2C1=O)N(C)C(=O)O. The minimum atomic E-state index is -1.22. The standard InChI is InChI=1S/C26H36N4O5S/c1-15(29(4)25(34)35)22(31)28-19-12-13-36-20-14-26(2,3)21(30(20)24(19)33)23(32)27-18-11-7-9-16-8-5-6-10-17(16)18/h5-6,8,10,15,18-21H,7,9,11-14H2,1-4H3,(H,27,32)(H,28,31)(H,34,35)/t15?,18-,19+,20?,21?/m1/s1. The highest BCUT2D eigenvalue weighted by Gasteiger charge is 2.54. The van der Waals surface area contributed by atoms with Gasteiger partial charge in [0, 0.05) is 7.05 Å². The lowest BCUT2D eigenvalue weighted by molar-refractivity contribution is -0.144. The molecule has 1 aromatic rings. The summed E-state index contributed by atoms with van der Waals surface area (Å²) in [6.07, 6.45) is 2.74. The first-order valence-corrected chi connectivity index (χ1v) is 13.6. The molecule has 2 saturated heterocycles. The van der Waals surface area contributed by atoms with Crippen LogP contribution in [0.15, 0.2) is 24.3 Å². The van der Waals surface area contributed by atoms with Gasteiger partial charge in [0.15, 0.2) is 0 Å². The third-order valence-electron chi connectivity index (χ3n) is 7.81. The predicted octanol–water partition coefficient (Wildman–Crippen LogP) is 2.75. The number of aryl methyl sites for hydroxylation is 1. The van der Waals surface area contributed by atoms with Crippen LogP contribution in [0.1, 0.15) is 63.6 Å². The maximum atomic E-state index is 13.8. The molecule has 0 spiro atoms. The number of likely N-dealkylation sites (N-methyl/N-ethyl adjacent to an activating group) is 1. The second kappa shape index (κ2) is 10.3. The van der Waals surface area contributed by atoms with E-state index in [0.717, 1.165) is 29.7 Å². The number of carbonyl (C=O) groups excluding carboxylic acids is 3. The Morgan fingerprint density at radius 2 is 1.89 bits per heavy atom. The molecule has 3 unspecified atom stereocenters. The zero-order chi connectivity index (χ0) is 26.2. The van der Waals surface area contributed by atoms with Crippen LogP contribution in [0.2, 0.25) is 0 Å². The van der Waals surface area contributed by atoms with Crippen LogP contribution in [-0.2, 0) is 20.8 Å². The van der Waals surface area contributed by atoms with E-state index >= 15 is 0 Å². The fourth-order valence-corrected chi connectivity index (χ4v) is 7.22. The van der Waals surface area contributed by atoms with Gasteiger partial charge in [0.05, 0.1) is 11.4 Å². The topological polar surface area (TPSA) is 119 Å². The summed E-state index contributed by atoms with van der Waals surface area (Å²) in [7, 11) is 1.32. The molecule has 4 rings (SSSR count). The van der Waals surface area contributed by atoms with Gasteiger partial charge >= 0.3 is 6.09 Å². The first-order valence-electron chi connectivity index (χ1n) is 12.6. The summed E-state index contributed by atoms with van der Waals surface area (Å²) < 4.78 is 0. The molecular weight excluding hydrogens is 480 g/mol. The van der Waals surface area contributed by atoms with Crippen LogP contribution < -0.4 is 10.6 Å². The number of hydrogen-bond acceptors (Lipinski definition) is 5. The minimum Gasteiger partial charge on any atom is -0.465 e. The van der Waals surface area contributed by atoms with E-state index in [2.05, 4.69) is 22.8 Å². The van der Waals surface area contributed by atoms with Crippen LogP contribution in [0.4, 0.5) is 4.79 Å². The summed E-state index contributed by atoms with van der Waals surface area (Å²) in [6, 6.07) is 5.68. The molecule has 10 heteroatoms. The number of thioether (sulfide) groups is 1. The van der Waals surface area contributed by atoms with E-state index in [1.54, 1.807) is 16.7 Å². The number of rotatable bonds is 5. The van der Waals surface area contributed by atoms with Crippen molar-refractivity contribution in [3.63, 3.8) is 0 Å². The average molecular weight is 517 g/mol. The lowest BCUT2D eigenvalue weighted by atomic mass is 9.83. The Labute approximate surface area is 216 Å². The Kier molecular flexibility index (Phi) is 7.54. The van der Waals surface area contributed by atoms with E-state index in [0.29, 0.717) is 18.6 Å². The normalized spacial score (nSPS) is 27.8. The molecule has 2 fully saturated rings. The van der Waals surface area contributed by atoms with E-state index < -0.39 is 35.5 Å². The Bertz CT molecular complexity index is 1050. The summed E-state index contributed by atoms with van der Waals surface area (Å²) in [5.74, 6) is -0.316. The average Bonchev–Trinajstić information content (AvgIpc) is 3.03. The molecule has 5 atom stereocenters. The van der Waals surface area contributed by atoms with Gasteiger partial charge in [-0.05, 0) is 61.3 Å². The Hall–Kier alpha value is -2.75. The highest BCUT2D eigenvalue weighted by Crippen LogP contribution is 2.46. The quantitative estimate of drug-likeness (QED) is 0.554. The van der Waals surface area contributed by atoms with Crippen LogP contribution in [0.5, 0.6) is 0 Å². The molecule has 3 aliphatic rings. The molecular formula is C26H36N4O5S. The third kappa shape index (κ3) is 5.05. The second-order valence-electron chi connectivity index (χ2n) is 10.7. The molecule has 1 aliphatic carbocycles. The highest BCUT2D eigenvalue weighted by molar-refractivity contribution is 7.99. The molecule has 4 amide bonds. The van der Waals surface area contributed by atoms with Crippen molar-refractivity contribution in [3.8, 4) is 0 Å². The van der Waals surface area contributed by atoms with Crippen molar-refractivity contribution in [3.05, 3.63) is 35.4 Å². The molecule has 36 heavy (non-hydrogen) atoms. The molecule has 0 bridgehead atoms. The number of nitrogens with zero attached hydrogens (tertiary/aromatic N) is 2. The monoisotopic (exact) mass is 516 g/mol. The van der Waals surface area contributed by atoms with E-state index in [4.69, 9.17) is 0 Å². The van der Waals surface area contributed by atoms with Gasteiger partial charge in [-0.25, -0.2) is 4.79 Å². The number of nitrogens with one attached hydrogen (secondary N) is 2. The maximum Gasteiger partial charge on any atom is 0.407 e. The number of carbonyl (C=O) groups is 4. The fourth-order valence-electron chi connectivity index (χ4n) is 5.64. The predicted molar refractivity (Wildman–Crippen MR) is 137 cm³/mol. The lowest BCUT2D eigenvalue weighted by Gasteiger charge is -2.36. The van der Waals surface area contributed by atoms with Crippen molar-refractivity contribution >= 4 is 35.6 Å². The van der Waals surface area contributed by atoms with Crippen LogP contribution in [-0.4, -0.2) is 75.0 Å². The molecule has 0 radical (unpaired) electrons. The molecule has 3 N–H and O–H groups in total. The van der Waals surface area contributed by atoms with E-state index in [-0.39, 0.29) is 23.2 Å². The van der Waals surface area contributed by atoms with Gasteiger partial charge in [0.2, 0.25) is 17.7 Å². The molecule has 0 saturated carbocycles. The zero-order valence-corrected chi connectivity index (χ0v) is 22.1. The van der Waals surface area contributed by atoms with Crippen molar-refractivity contribution in [2.75, 3.05) is 12.8 Å². The van der Waals surface area contributed by atoms with Crippen LogP contribution in [0.25, 0.3) is 0 Å². The first kappa shape index (κ1) is 26.3. The smallest absolute Gasteiger partial charge is 0.407 e. The molecule has 9 nitrogen and oxygen atoms in total. The Balaban J connectivity index is 1.54. The van der Waals surface area contributed by atoms with Crippen LogP contribution in [0, 0.1) is 5.41 Å². The minimum absolute atomic E-state index is 0.0880. The Morgan fingerprint density at radius 1 is 1.17 bits per heavy atom.